The van der Waals surface area contributed by atoms with Gasteiger partial charge < -0.3 is 9.84 Å². The Balaban J connectivity index is 2.43. The van der Waals surface area contributed by atoms with Gasteiger partial charge in [-0.3, -0.25) is 4.79 Å². The number of aromatic hydroxyl groups is 1. The minimum atomic E-state index is -0.174. The topological polar surface area (TPSA) is 46.5 Å². The van der Waals surface area contributed by atoms with Crippen molar-refractivity contribution in [2.75, 3.05) is 6.61 Å². The second kappa shape index (κ2) is 6.73. The SMILES string of the molecule is CCOC(=O)CCCc1cccc(I)c1O. The van der Waals surface area contributed by atoms with Crippen molar-refractivity contribution in [1.82, 2.24) is 0 Å². The van der Waals surface area contributed by atoms with Crippen molar-refractivity contribution in [3.05, 3.63) is 27.3 Å². The standard InChI is InChI=1S/C12H15IO3/c1-2-16-11(14)8-4-6-9-5-3-7-10(13)12(9)15/h3,5,7,15H,2,4,6,8H2,1H3. The summed E-state index contributed by atoms with van der Waals surface area (Å²) < 4.78 is 5.67. The van der Waals surface area contributed by atoms with Crippen LogP contribution in [0.3, 0.4) is 0 Å². The normalized spacial score (nSPS) is 10.1. The molecule has 0 saturated heterocycles. The molecule has 3 nitrogen and oxygen atoms in total. The van der Waals surface area contributed by atoms with Crippen LogP contribution in [0.1, 0.15) is 25.3 Å². The summed E-state index contributed by atoms with van der Waals surface area (Å²) in [5, 5.41) is 9.74. The Morgan fingerprint density at radius 1 is 1.50 bits per heavy atom. The molecule has 1 rings (SSSR count). The maximum Gasteiger partial charge on any atom is 0.305 e. The zero-order valence-corrected chi connectivity index (χ0v) is 11.4. The van der Waals surface area contributed by atoms with Gasteiger partial charge in [0.1, 0.15) is 5.75 Å². The molecule has 1 aromatic rings. The monoisotopic (exact) mass is 334 g/mol. The molecule has 0 bridgehead atoms. The fourth-order valence-electron chi connectivity index (χ4n) is 1.42. The van der Waals surface area contributed by atoms with E-state index >= 15 is 0 Å². The molecule has 0 atom stereocenters. The zero-order chi connectivity index (χ0) is 12.0. The quantitative estimate of drug-likeness (QED) is 0.665. The number of rotatable bonds is 5. The lowest BCUT2D eigenvalue weighted by Gasteiger charge is -2.05. The highest BCUT2D eigenvalue weighted by molar-refractivity contribution is 14.1. The van der Waals surface area contributed by atoms with Crippen LogP contribution in [0.5, 0.6) is 5.75 Å². The highest BCUT2D eigenvalue weighted by Gasteiger charge is 2.06. The van der Waals surface area contributed by atoms with E-state index in [2.05, 4.69) is 22.6 Å². The largest absolute Gasteiger partial charge is 0.507 e. The average molecular weight is 334 g/mol. The number of phenolic OH excluding ortho intramolecular Hbond substituents is 1. The van der Waals surface area contributed by atoms with Crippen LogP contribution in [0.2, 0.25) is 0 Å². The second-order valence-corrected chi connectivity index (χ2v) is 4.57. The molecule has 0 unspecified atom stereocenters. The van der Waals surface area contributed by atoms with E-state index in [0.717, 1.165) is 9.13 Å². The van der Waals surface area contributed by atoms with Gasteiger partial charge in [0.25, 0.3) is 0 Å². The molecule has 88 valence electrons. The highest BCUT2D eigenvalue weighted by atomic mass is 127. The predicted molar refractivity (Wildman–Crippen MR) is 70.4 cm³/mol. The predicted octanol–water partition coefficient (Wildman–Crippen LogP) is 2.88. The molecular weight excluding hydrogens is 319 g/mol. The highest BCUT2D eigenvalue weighted by Crippen LogP contribution is 2.25. The van der Waals surface area contributed by atoms with E-state index in [-0.39, 0.29) is 5.97 Å². The number of benzene rings is 1. The molecule has 4 heteroatoms. The summed E-state index contributed by atoms with van der Waals surface area (Å²) in [5.74, 6) is 0.152. The number of carbonyl (C=O) groups is 1. The smallest absolute Gasteiger partial charge is 0.305 e. The number of ether oxygens (including phenoxy) is 1. The second-order valence-electron chi connectivity index (χ2n) is 3.41. The number of hydrogen-bond acceptors (Lipinski definition) is 3. The van der Waals surface area contributed by atoms with Crippen LogP contribution in [0.15, 0.2) is 18.2 Å². The van der Waals surface area contributed by atoms with Gasteiger partial charge in [0.15, 0.2) is 0 Å². The van der Waals surface area contributed by atoms with Crippen LogP contribution >= 0.6 is 22.6 Å². The van der Waals surface area contributed by atoms with E-state index in [1.54, 1.807) is 6.92 Å². The van der Waals surface area contributed by atoms with Gasteiger partial charge in [-0.05, 0) is 54.0 Å². The molecule has 0 aliphatic rings. The first kappa shape index (κ1) is 13.3. The average Bonchev–Trinajstić information content (AvgIpc) is 2.25. The number of phenols is 1. The van der Waals surface area contributed by atoms with Gasteiger partial charge in [0.05, 0.1) is 10.2 Å². The Kier molecular flexibility index (Phi) is 5.59. The van der Waals surface area contributed by atoms with Gasteiger partial charge in [-0.15, -0.1) is 0 Å². The van der Waals surface area contributed by atoms with Crippen molar-refractivity contribution in [2.45, 2.75) is 26.2 Å². The lowest BCUT2D eigenvalue weighted by molar-refractivity contribution is -0.143. The lowest BCUT2D eigenvalue weighted by Crippen LogP contribution is -2.04. The van der Waals surface area contributed by atoms with Crippen molar-refractivity contribution < 1.29 is 14.6 Å². The summed E-state index contributed by atoms with van der Waals surface area (Å²) in [7, 11) is 0. The third kappa shape index (κ3) is 4.00. The van der Waals surface area contributed by atoms with Gasteiger partial charge >= 0.3 is 5.97 Å². The van der Waals surface area contributed by atoms with Crippen LogP contribution in [-0.2, 0) is 16.0 Å². The first-order valence-electron chi connectivity index (χ1n) is 5.27. The third-order valence-corrected chi connectivity index (χ3v) is 3.07. The number of esters is 1. The van der Waals surface area contributed by atoms with E-state index in [1.165, 1.54) is 0 Å². The Bertz CT molecular complexity index is 363. The number of carbonyl (C=O) groups excluding carboxylic acids is 1. The molecule has 0 spiro atoms. The number of hydrogen-bond donors (Lipinski definition) is 1. The van der Waals surface area contributed by atoms with E-state index in [0.29, 0.717) is 31.6 Å². The van der Waals surface area contributed by atoms with Crippen LogP contribution in [0, 0.1) is 3.57 Å². The van der Waals surface area contributed by atoms with Crippen molar-refractivity contribution in [3.63, 3.8) is 0 Å². The minimum Gasteiger partial charge on any atom is -0.507 e. The van der Waals surface area contributed by atoms with Crippen LogP contribution in [-0.4, -0.2) is 17.7 Å². The van der Waals surface area contributed by atoms with Crippen molar-refractivity contribution in [2.24, 2.45) is 0 Å². The first-order chi connectivity index (χ1) is 7.65. The van der Waals surface area contributed by atoms with Gasteiger partial charge in [-0.1, -0.05) is 12.1 Å². The summed E-state index contributed by atoms with van der Waals surface area (Å²) in [6, 6.07) is 5.63. The summed E-state index contributed by atoms with van der Waals surface area (Å²) in [5.41, 5.74) is 0.885. The molecule has 0 radical (unpaired) electrons. The Labute approximate surface area is 109 Å². The van der Waals surface area contributed by atoms with Gasteiger partial charge in [-0.25, -0.2) is 0 Å². The molecule has 0 heterocycles. The molecule has 0 aromatic heterocycles. The number of halogens is 1. The lowest BCUT2D eigenvalue weighted by atomic mass is 10.1. The van der Waals surface area contributed by atoms with Gasteiger partial charge in [0.2, 0.25) is 0 Å². The minimum absolute atomic E-state index is 0.174. The third-order valence-electron chi connectivity index (χ3n) is 2.20. The molecule has 0 aliphatic carbocycles. The van der Waals surface area contributed by atoms with Crippen molar-refractivity contribution in [3.8, 4) is 5.75 Å². The maximum atomic E-state index is 11.1. The van der Waals surface area contributed by atoms with Gasteiger partial charge in [0, 0.05) is 6.42 Å². The number of para-hydroxylation sites is 1. The van der Waals surface area contributed by atoms with Crippen molar-refractivity contribution in [1.29, 1.82) is 0 Å². The maximum absolute atomic E-state index is 11.1. The molecule has 0 amide bonds. The fourth-order valence-corrected chi connectivity index (χ4v) is 1.97. The zero-order valence-electron chi connectivity index (χ0n) is 9.20. The van der Waals surface area contributed by atoms with Crippen LogP contribution in [0.4, 0.5) is 0 Å². The molecule has 16 heavy (non-hydrogen) atoms. The van der Waals surface area contributed by atoms with Crippen LogP contribution in [0.25, 0.3) is 0 Å². The number of aryl methyl sites for hydroxylation is 1. The van der Waals surface area contributed by atoms with Crippen LogP contribution < -0.4 is 0 Å². The molecule has 0 fully saturated rings. The molecule has 0 aliphatic heterocycles. The molecular formula is C12H15IO3. The summed E-state index contributed by atoms with van der Waals surface area (Å²) >= 11 is 2.09. The van der Waals surface area contributed by atoms with E-state index < -0.39 is 0 Å². The summed E-state index contributed by atoms with van der Waals surface area (Å²) in [6.07, 6.45) is 1.80. The molecule has 1 aromatic carbocycles. The first-order valence-corrected chi connectivity index (χ1v) is 6.35. The van der Waals surface area contributed by atoms with Crippen molar-refractivity contribution >= 4 is 28.6 Å². The summed E-state index contributed by atoms with van der Waals surface area (Å²) in [4.78, 5) is 11.1. The molecule has 0 saturated carbocycles. The van der Waals surface area contributed by atoms with E-state index in [4.69, 9.17) is 4.74 Å². The van der Waals surface area contributed by atoms with E-state index in [9.17, 15) is 9.90 Å². The molecule has 1 N–H and O–H groups in total. The fraction of sp³-hybridized carbons (Fsp3) is 0.417. The Morgan fingerprint density at radius 3 is 2.94 bits per heavy atom. The Morgan fingerprint density at radius 2 is 2.25 bits per heavy atom. The summed E-state index contributed by atoms with van der Waals surface area (Å²) in [6.45, 7) is 2.22. The van der Waals surface area contributed by atoms with E-state index in [1.807, 2.05) is 18.2 Å². The Hall–Kier alpha value is -0.780. The van der Waals surface area contributed by atoms with Gasteiger partial charge in [-0.2, -0.15) is 0 Å².